The van der Waals surface area contributed by atoms with E-state index in [-0.39, 0.29) is 0 Å². The van der Waals surface area contributed by atoms with Gasteiger partial charge >= 0.3 is 0 Å². The Morgan fingerprint density at radius 3 is 2.45 bits per heavy atom. The van der Waals surface area contributed by atoms with Crippen LogP contribution in [0.25, 0.3) is 0 Å². The number of rotatable bonds is 2. The smallest absolute Gasteiger partial charge is 0.00643 e. The first kappa shape index (κ1) is 9.01. The monoisotopic (exact) mass is 156 g/mol. The maximum Gasteiger partial charge on any atom is 0.00643 e. The number of likely N-dealkylation sites (tertiary alicyclic amines) is 1. The Bertz CT molecular complexity index is 106. The summed E-state index contributed by atoms with van der Waals surface area (Å²) >= 11 is 0. The van der Waals surface area contributed by atoms with Crippen molar-refractivity contribution in [2.45, 2.75) is 45.2 Å². The molecule has 0 aliphatic carbocycles. The van der Waals surface area contributed by atoms with Crippen LogP contribution in [0, 0.1) is 0 Å². The molecule has 66 valence electrons. The molecule has 0 aromatic heterocycles. The summed E-state index contributed by atoms with van der Waals surface area (Å²) in [4.78, 5) is 2.54. The van der Waals surface area contributed by atoms with E-state index in [2.05, 4.69) is 18.7 Å². The zero-order valence-electron chi connectivity index (χ0n) is 7.71. The van der Waals surface area contributed by atoms with Gasteiger partial charge in [0.15, 0.2) is 0 Å². The van der Waals surface area contributed by atoms with E-state index in [0.717, 1.165) is 6.04 Å². The van der Waals surface area contributed by atoms with Crippen molar-refractivity contribution in [1.29, 1.82) is 0 Å². The van der Waals surface area contributed by atoms with E-state index >= 15 is 0 Å². The predicted molar refractivity (Wildman–Crippen MR) is 48.5 cm³/mol. The maximum atomic E-state index is 5.81. The molecule has 0 spiro atoms. The fourth-order valence-corrected chi connectivity index (χ4v) is 1.62. The molecule has 0 bridgehead atoms. The molecule has 0 aromatic carbocycles. The van der Waals surface area contributed by atoms with Crippen molar-refractivity contribution in [2.24, 2.45) is 5.73 Å². The second kappa shape index (κ2) is 4.07. The third-order valence-electron chi connectivity index (χ3n) is 2.79. The molecule has 1 heterocycles. The first-order chi connectivity index (χ1) is 5.24. The summed E-state index contributed by atoms with van der Waals surface area (Å²) in [6.07, 6.45) is 3.63. The largest absolute Gasteiger partial charge is 0.328 e. The average Bonchev–Trinajstić information content (AvgIpc) is 2.05. The van der Waals surface area contributed by atoms with Crippen LogP contribution in [0.15, 0.2) is 0 Å². The molecule has 1 atom stereocenters. The minimum Gasteiger partial charge on any atom is -0.328 e. The molecular formula is C9H20N2. The molecule has 0 amide bonds. The van der Waals surface area contributed by atoms with Crippen LogP contribution in [0.4, 0.5) is 0 Å². The van der Waals surface area contributed by atoms with Gasteiger partial charge in [-0.1, -0.05) is 6.92 Å². The molecular weight excluding hydrogens is 136 g/mol. The predicted octanol–water partition coefficient (Wildman–Crippen LogP) is 1.21. The molecule has 2 nitrogen and oxygen atoms in total. The third kappa shape index (κ3) is 2.46. The second-order valence-corrected chi connectivity index (χ2v) is 3.63. The van der Waals surface area contributed by atoms with E-state index in [0.29, 0.717) is 6.04 Å². The standard InChI is InChI=1S/C9H20N2/c1-3-8(2)11-6-4-9(10)5-7-11/h8-9H,3-7,10H2,1-2H3. The summed E-state index contributed by atoms with van der Waals surface area (Å²) in [7, 11) is 0. The zero-order chi connectivity index (χ0) is 8.27. The van der Waals surface area contributed by atoms with Crippen LogP contribution in [0.3, 0.4) is 0 Å². The summed E-state index contributed by atoms with van der Waals surface area (Å²) < 4.78 is 0. The highest BCUT2D eigenvalue weighted by atomic mass is 15.2. The van der Waals surface area contributed by atoms with Gasteiger partial charge in [0.1, 0.15) is 0 Å². The topological polar surface area (TPSA) is 29.3 Å². The highest BCUT2D eigenvalue weighted by Gasteiger charge is 2.18. The lowest BCUT2D eigenvalue weighted by Gasteiger charge is -2.34. The van der Waals surface area contributed by atoms with Crippen molar-refractivity contribution >= 4 is 0 Å². The fraction of sp³-hybridized carbons (Fsp3) is 1.00. The van der Waals surface area contributed by atoms with Gasteiger partial charge in [-0.15, -0.1) is 0 Å². The lowest BCUT2D eigenvalue weighted by Crippen LogP contribution is -2.43. The highest BCUT2D eigenvalue weighted by Crippen LogP contribution is 2.12. The molecule has 2 heteroatoms. The van der Waals surface area contributed by atoms with Gasteiger partial charge < -0.3 is 10.6 Å². The van der Waals surface area contributed by atoms with Crippen LogP contribution in [0.2, 0.25) is 0 Å². The summed E-state index contributed by atoms with van der Waals surface area (Å²) in [6.45, 7) is 6.96. The summed E-state index contributed by atoms with van der Waals surface area (Å²) in [6, 6.07) is 1.22. The van der Waals surface area contributed by atoms with Gasteiger partial charge in [-0.2, -0.15) is 0 Å². The van der Waals surface area contributed by atoms with Crippen molar-refractivity contribution in [3.05, 3.63) is 0 Å². The molecule has 0 saturated carbocycles. The molecule has 1 unspecified atom stereocenters. The highest BCUT2D eigenvalue weighted by molar-refractivity contribution is 4.76. The van der Waals surface area contributed by atoms with Crippen LogP contribution in [0.5, 0.6) is 0 Å². The molecule has 11 heavy (non-hydrogen) atoms. The van der Waals surface area contributed by atoms with E-state index in [9.17, 15) is 0 Å². The SMILES string of the molecule is CCC(C)N1CCC(N)CC1. The molecule has 1 aliphatic rings. The number of hydrogen-bond acceptors (Lipinski definition) is 2. The van der Waals surface area contributed by atoms with Gasteiger partial charge in [0, 0.05) is 12.1 Å². The minimum absolute atomic E-state index is 0.468. The van der Waals surface area contributed by atoms with Crippen molar-refractivity contribution in [3.8, 4) is 0 Å². The van der Waals surface area contributed by atoms with Crippen molar-refractivity contribution in [2.75, 3.05) is 13.1 Å². The van der Waals surface area contributed by atoms with Crippen LogP contribution in [-0.4, -0.2) is 30.1 Å². The molecule has 1 aliphatic heterocycles. The minimum atomic E-state index is 0.468. The van der Waals surface area contributed by atoms with Crippen LogP contribution < -0.4 is 5.73 Å². The summed E-state index contributed by atoms with van der Waals surface area (Å²) in [5.74, 6) is 0. The Balaban J connectivity index is 2.27. The fourth-order valence-electron chi connectivity index (χ4n) is 1.62. The lowest BCUT2D eigenvalue weighted by molar-refractivity contribution is 0.159. The molecule has 1 fully saturated rings. The van der Waals surface area contributed by atoms with Gasteiger partial charge in [-0.25, -0.2) is 0 Å². The van der Waals surface area contributed by atoms with Gasteiger partial charge in [-0.05, 0) is 39.3 Å². The van der Waals surface area contributed by atoms with Crippen LogP contribution >= 0.6 is 0 Å². The second-order valence-electron chi connectivity index (χ2n) is 3.63. The number of nitrogens with zero attached hydrogens (tertiary/aromatic N) is 1. The van der Waals surface area contributed by atoms with Gasteiger partial charge in [0.05, 0.1) is 0 Å². The Morgan fingerprint density at radius 1 is 1.45 bits per heavy atom. The average molecular weight is 156 g/mol. The van der Waals surface area contributed by atoms with Gasteiger partial charge in [-0.3, -0.25) is 0 Å². The van der Waals surface area contributed by atoms with E-state index < -0.39 is 0 Å². The Labute approximate surface area is 69.8 Å². The number of piperidine rings is 1. The lowest BCUT2D eigenvalue weighted by atomic mass is 10.0. The van der Waals surface area contributed by atoms with E-state index in [1.807, 2.05) is 0 Å². The number of nitrogens with two attached hydrogens (primary N) is 1. The quantitative estimate of drug-likeness (QED) is 0.651. The normalized spacial score (nSPS) is 25.4. The first-order valence-corrected chi connectivity index (χ1v) is 4.73. The maximum absolute atomic E-state index is 5.81. The molecule has 2 N–H and O–H groups in total. The van der Waals surface area contributed by atoms with Crippen molar-refractivity contribution < 1.29 is 0 Å². The van der Waals surface area contributed by atoms with Gasteiger partial charge in [0.25, 0.3) is 0 Å². The van der Waals surface area contributed by atoms with E-state index in [1.54, 1.807) is 0 Å². The summed E-state index contributed by atoms with van der Waals surface area (Å²) in [5.41, 5.74) is 5.81. The number of hydrogen-bond donors (Lipinski definition) is 1. The van der Waals surface area contributed by atoms with Crippen molar-refractivity contribution in [1.82, 2.24) is 4.90 Å². The molecule has 1 rings (SSSR count). The van der Waals surface area contributed by atoms with Crippen LogP contribution in [0.1, 0.15) is 33.1 Å². The Kier molecular flexibility index (Phi) is 3.34. The summed E-state index contributed by atoms with van der Waals surface area (Å²) in [5, 5.41) is 0. The third-order valence-corrected chi connectivity index (χ3v) is 2.79. The van der Waals surface area contributed by atoms with Crippen LogP contribution in [-0.2, 0) is 0 Å². The first-order valence-electron chi connectivity index (χ1n) is 4.73. The van der Waals surface area contributed by atoms with Crippen molar-refractivity contribution in [3.63, 3.8) is 0 Å². The van der Waals surface area contributed by atoms with E-state index in [4.69, 9.17) is 5.73 Å². The molecule has 0 aromatic rings. The molecule has 0 radical (unpaired) electrons. The zero-order valence-corrected chi connectivity index (χ0v) is 7.71. The Hall–Kier alpha value is -0.0800. The molecule has 1 saturated heterocycles. The van der Waals surface area contributed by atoms with E-state index in [1.165, 1.54) is 32.4 Å². The Morgan fingerprint density at radius 2 is 2.00 bits per heavy atom. The van der Waals surface area contributed by atoms with Gasteiger partial charge in [0.2, 0.25) is 0 Å².